The third-order valence-corrected chi connectivity index (χ3v) is 4.14. The van der Waals surface area contributed by atoms with Crippen LogP contribution in [0.1, 0.15) is 25.8 Å². The van der Waals surface area contributed by atoms with Crippen LogP contribution in [0.3, 0.4) is 0 Å². The second-order valence-corrected chi connectivity index (χ2v) is 5.81. The highest BCUT2D eigenvalue weighted by molar-refractivity contribution is 5.99. The molecule has 0 saturated heterocycles. The van der Waals surface area contributed by atoms with Crippen molar-refractivity contribution in [3.63, 3.8) is 0 Å². The number of amides is 2. The van der Waals surface area contributed by atoms with Crippen molar-refractivity contribution < 1.29 is 9.59 Å². The number of fused-ring (bicyclic) bond motifs is 1. The van der Waals surface area contributed by atoms with E-state index < -0.39 is 0 Å². The first-order valence-electron chi connectivity index (χ1n) is 7.90. The van der Waals surface area contributed by atoms with Crippen LogP contribution in [0.5, 0.6) is 0 Å². The van der Waals surface area contributed by atoms with Gasteiger partial charge in [-0.15, -0.1) is 0 Å². The lowest BCUT2D eigenvalue weighted by molar-refractivity contribution is -0.126. The summed E-state index contributed by atoms with van der Waals surface area (Å²) in [6.45, 7) is 5.51. The van der Waals surface area contributed by atoms with Crippen molar-refractivity contribution in [2.45, 2.75) is 32.7 Å². The van der Waals surface area contributed by atoms with Gasteiger partial charge in [-0.25, -0.2) is 0 Å². The number of rotatable bonds is 6. The SMILES string of the molecule is CCCNC(=O)CN(C)[C@H](C)C(=O)N1CCc2ccccc21. The Morgan fingerprint density at radius 1 is 1.36 bits per heavy atom. The molecule has 1 N–H and O–H groups in total. The first kappa shape index (κ1) is 16.5. The summed E-state index contributed by atoms with van der Waals surface area (Å²) >= 11 is 0. The van der Waals surface area contributed by atoms with Gasteiger partial charge in [-0.1, -0.05) is 25.1 Å². The Morgan fingerprint density at radius 2 is 2.09 bits per heavy atom. The first-order chi connectivity index (χ1) is 10.5. The minimum atomic E-state index is -0.321. The van der Waals surface area contributed by atoms with Crippen LogP contribution in [0, 0.1) is 0 Å². The van der Waals surface area contributed by atoms with Crippen LogP contribution in [-0.4, -0.2) is 49.4 Å². The molecule has 2 rings (SSSR count). The first-order valence-corrected chi connectivity index (χ1v) is 7.90. The molecular formula is C17H25N3O2. The van der Waals surface area contributed by atoms with E-state index in [9.17, 15) is 9.59 Å². The van der Waals surface area contributed by atoms with E-state index in [0.717, 1.165) is 25.1 Å². The van der Waals surface area contributed by atoms with Gasteiger partial charge >= 0.3 is 0 Å². The summed E-state index contributed by atoms with van der Waals surface area (Å²) in [5, 5.41) is 2.84. The Hall–Kier alpha value is -1.88. The number of anilines is 1. The van der Waals surface area contributed by atoms with E-state index in [1.165, 1.54) is 5.56 Å². The minimum absolute atomic E-state index is 0.0363. The Kier molecular flexibility index (Phi) is 5.55. The number of hydrogen-bond acceptors (Lipinski definition) is 3. The molecule has 1 aliphatic rings. The van der Waals surface area contributed by atoms with Gasteiger partial charge in [-0.3, -0.25) is 14.5 Å². The third kappa shape index (κ3) is 3.65. The van der Waals surface area contributed by atoms with Gasteiger partial charge in [0.15, 0.2) is 0 Å². The maximum Gasteiger partial charge on any atom is 0.244 e. The van der Waals surface area contributed by atoms with Gasteiger partial charge in [-0.05, 0) is 38.4 Å². The lowest BCUT2D eigenvalue weighted by Crippen LogP contribution is -2.48. The number of carbonyl (C=O) groups is 2. The molecule has 22 heavy (non-hydrogen) atoms. The molecule has 1 aliphatic heterocycles. The molecule has 0 fully saturated rings. The summed E-state index contributed by atoms with van der Waals surface area (Å²) in [6.07, 6.45) is 1.81. The molecule has 1 heterocycles. The van der Waals surface area contributed by atoms with Gasteiger partial charge in [0.2, 0.25) is 11.8 Å². The Bertz CT molecular complexity index is 544. The zero-order valence-electron chi connectivity index (χ0n) is 13.6. The fraction of sp³-hybridized carbons (Fsp3) is 0.529. The summed E-state index contributed by atoms with van der Waals surface area (Å²) in [7, 11) is 1.82. The lowest BCUT2D eigenvalue weighted by Gasteiger charge is -2.28. The molecule has 0 spiro atoms. The minimum Gasteiger partial charge on any atom is -0.355 e. The fourth-order valence-electron chi connectivity index (χ4n) is 2.67. The van der Waals surface area contributed by atoms with E-state index in [2.05, 4.69) is 11.4 Å². The molecule has 0 bridgehead atoms. The van der Waals surface area contributed by atoms with Crippen LogP contribution in [-0.2, 0) is 16.0 Å². The quantitative estimate of drug-likeness (QED) is 0.865. The number of para-hydroxylation sites is 1. The monoisotopic (exact) mass is 303 g/mol. The molecular weight excluding hydrogens is 278 g/mol. The lowest BCUT2D eigenvalue weighted by atomic mass is 10.2. The number of likely N-dealkylation sites (N-methyl/N-ethyl adjacent to an activating group) is 1. The zero-order valence-corrected chi connectivity index (χ0v) is 13.6. The highest BCUT2D eigenvalue weighted by atomic mass is 16.2. The summed E-state index contributed by atoms with van der Waals surface area (Å²) < 4.78 is 0. The molecule has 0 aromatic heterocycles. The maximum atomic E-state index is 12.7. The molecule has 0 radical (unpaired) electrons. The largest absolute Gasteiger partial charge is 0.355 e. The number of hydrogen-bond donors (Lipinski definition) is 1. The molecule has 0 saturated carbocycles. The molecule has 0 unspecified atom stereocenters. The summed E-state index contributed by atoms with van der Waals surface area (Å²) in [5.74, 6) is 0.0153. The molecule has 5 nitrogen and oxygen atoms in total. The topological polar surface area (TPSA) is 52.7 Å². The second kappa shape index (κ2) is 7.40. The third-order valence-electron chi connectivity index (χ3n) is 4.14. The molecule has 1 atom stereocenters. The molecule has 0 aliphatic carbocycles. The van der Waals surface area contributed by atoms with Gasteiger partial charge < -0.3 is 10.2 Å². The van der Waals surface area contributed by atoms with Crippen molar-refractivity contribution in [3.05, 3.63) is 29.8 Å². The van der Waals surface area contributed by atoms with Crippen LogP contribution < -0.4 is 10.2 Å². The van der Waals surface area contributed by atoms with Crippen molar-refractivity contribution in [3.8, 4) is 0 Å². The van der Waals surface area contributed by atoms with Gasteiger partial charge in [0.25, 0.3) is 0 Å². The highest BCUT2D eigenvalue weighted by Crippen LogP contribution is 2.28. The summed E-state index contributed by atoms with van der Waals surface area (Å²) in [5.41, 5.74) is 2.22. The number of nitrogens with one attached hydrogen (secondary N) is 1. The fourth-order valence-corrected chi connectivity index (χ4v) is 2.67. The Balaban J connectivity index is 1.96. The van der Waals surface area contributed by atoms with E-state index in [1.54, 1.807) is 4.90 Å². The normalized spacial score (nSPS) is 14.8. The van der Waals surface area contributed by atoms with Crippen LogP contribution in [0.25, 0.3) is 0 Å². The number of nitrogens with zero attached hydrogens (tertiary/aromatic N) is 2. The zero-order chi connectivity index (χ0) is 16.1. The molecule has 5 heteroatoms. The number of carbonyl (C=O) groups excluding carboxylic acids is 2. The molecule has 2 amide bonds. The van der Waals surface area contributed by atoms with Crippen molar-refractivity contribution in [1.82, 2.24) is 10.2 Å². The summed E-state index contributed by atoms with van der Waals surface area (Å²) in [4.78, 5) is 28.1. The van der Waals surface area contributed by atoms with Gasteiger partial charge in [0, 0.05) is 18.8 Å². The standard InChI is InChI=1S/C17H25N3O2/c1-4-10-18-16(21)12-19(3)13(2)17(22)20-11-9-14-7-5-6-8-15(14)20/h5-8,13H,4,9-12H2,1-3H3,(H,18,21)/t13-/m1/s1. The Labute approximate surface area is 132 Å². The van der Waals surface area contributed by atoms with Crippen LogP contribution in [0.4, 0.5) is 5.69 Å². The van der Waals surface area contributed by atoms with Crippen molar-refractivity contribution in [1.29, 1.82) is 0 Å². The maximum absolute atomic E-state index is 12.7. The molecule has 1 aromatic carbocycles. The van der Waals surface area contributed by atoms with Crippen LogP contribution >= 0.6 is 0 Å². The second-order valence-electron chi connectivity index (χ2n) is 5.81. The van der Waals surface area contributed by atoms with Crippen molar-refractivity contribution >= 4 is 17.5 Å². The van der Waals surface area contributed by atoms with Gasteiger partial charge in [-0.2, -0.15) is 0 Å². The molecule has 1 aromatic rings. The van der Waals surface area contributed by atoms with E-state index in [-0.39, 0.29) is 24.4 Å². The highest BCUT2D eigenvalue weighted by Gasteiger charge is 2.30. The summed E-state index contributed by atoms with van der Waals surface area (Å²) in [6, 6.07) is 7.69. The van der Waals surface area contributed by atoms with E-state index in [4.69, 9.17) is 0 Å². The average molecular weight is 303 g/mol. The molecule has 120 valence electrons. The van der Waals surface area contributed by atoms with E-state index in [0.29, 0.717) is 6.54 Å². The average Bonchev–Trinajstić information content (AvgIpc) is 2.95. The van der Waals surface area contributed by atoms with E-state index in [1.807, 2.05) is 44.0 Å². The van der Waals surface area contributed by atoms with Crippen molar-refractivity contribution in [2.24, 2.45) is 0 Å². The Morgan fingerprint density at radius 3 is 2.82 bits per heavy atom. The predicted octanol–water partition coefficient (Wildman–Crippen LogP) is 1.42. The van der Waals surface area contributed by atoms with Gasteiger partial charge in [0.05, 0.1) is 12.6 Å². The van der Waals surface area contributed by atoms with Crippen molar-refractivity contribution in [2.75, 3.05) is 31.6 Å². The van der Waals surface area contributed by atoms with Crippen LogP contribution in [0.15, 0.2) is 24.3 Å². The van der Waals surface area contributed by atoms with E-state index >= 15 is 0 Å². The number of benzene rings is 1. The smallest absolute Gasteiger partial charge is 0.244 e. The van der Waals surface area contributed by atoms with Crippen LogP contribution in [0.2, 0.25) is 0 Å². The van der Waals surface area contributed by atoms with Gasteiger partial charge in [0.1, 0.15) is 0 Å². The predicted molar refractivity (Wildman–Crippen MR) is 87.9 cm³/mol.